The third-order valence-electron chi connectivity index (χ3n) is 3.03. The Labute approximate surface area is 106 Å². The van der Waals surface area contributed by atoms with Crippen LogP contribution in [0.25, 0.3) is 0 Å². The first-order chi connectivity index (χ1) is 8.29. The quantitative estimate of drug-likeness (QED) is 0.851. The number of rotatable bonds is 4. The van der Waals surface area contributed by atoms with E-state index in [-0.39, 0.29) is 11.8 Å². The molecule has 2 heterocycles. The normalized spacial score (nSPS) is 20.2. The van der Waals surface area contributed by atoms with E-state index in [1.165, 1.54) is 4.88 Å². The van der Waals surface area contributed by atoms with Crippen molar-refractivity contribution in [3.63, 3.8) is 0 Å². The summed E-state index contributed by atoms with van der Waals surface area (Å²) >= 11 is 1.68. The van der Waals surface area contributed by atoms with Gasteiger partial charge < -0.3 is 10.6 Å². The Morgan fingerprint density at radius 1 is 1.71 bits per heavy atom. The highest BCUT2D eigenvalue weighted by molar-refractivity contribution is 7.11. The Kier molecular flexibility index (Phi) is 4.50. The lowest BCUT2D eigenvalue weighted by Crippen LogP contribution is -2.40. The van der Waals surface area contributed by atoms with Gasteiger partial charge in [0.1, 0.15) is 5.01 Å². The van der Waals surface area contributed by atoms with Crippen molar-refractivity contribution in [1.82, 2.24) is 15.6 Å². The maximum Gasteiger partial charge on any atom is 0.224 e. The second kappa shape index (κ2) is 6.12. The topological polar surface area (TPSA) is 54.0 Å². The number of nitrogens with one attached hydrogen (secondary N) is 2. The number of piperidine rings is 1. The molecule has 0 spiro atoms. The minimum Gasteiger partial charge on any atom is -0.349 e. The molecular formula is C12H19N3OS. The van der Waals surface area contributed by atoms with E-state index in [1.807, 2.05) is 6.20 Å². The largest absolute Gasteiger partial charge is 0.349 e. The van der Waals surface area contributed by atoms with Crippen LogP contribution in [-0.2, 0) is 17.8 Å². The second-order valence-corrected chi connectivity index (χ2v) is 5.53. The molecule has 0 aromatic carbocycles. The summed E-state index contributed by atoms with van der Waals surface area (Å²) in [6, 6.07) is 0. The van der Waals surface area contributed by atoms with Gasteiger partial charge in [0.05, 0.1) is 12.5 Å². The standard InChI is InChI=1S/C12H19N3OS/c1-2-10-7-14-11(17-10)8-15-12(16)9-4-3-5-13-6-9/h7,9,13H,2-6,8H2,1H3,(H,15,16)/t9-/m1/s1. The predicted molar refractivity (Wildman–Crippen MR) is 68.9 cm³/mol. The number of nitrogens with zero attached hydrogens (tertiary/aromatic N) is 1. The first-order valence-corrected chi connectivity index (χ1v) is 7.03. The van der Waals surface area contributed by atoms with Crippen molar-refractivity contribution in [1.29, 1.82) is 0 Å². The van der Waals surface area contributed by atoms with Crippen molar-refractivity contribution in [2.45, 2.75) is 32.7 Å². The fourth-order valence-electron chi connectivity index (χ4n) is 1.98. The lowest BCUT2D eigenvalue weighted by molar-refractivity contribution is -0.125. The van der Waals surface area contributed by atoms with Gasteiger partial charge in [-0.1, -0.05) is 6.92 Å². The molecule has 2 rings (SSSR count). The van der Waals surface area contributed by atoms with Crippen molar-refractivity contribution >= 4 is 17.2 Å². The van der Waals surface area contributed by atoms with Crippen LogP contribution in [0.5, 0.6) is 0 Å². The average molecular weight is 253 g/mol. The second-order valence-electron chi connectivity index (χ2n) is 4.33. The van der Waals surface area contributed by atoms with Crippen molar-refractivity contribution in [3.05, 3.63) is 16.1 Å². The molecule has 0 saturated carbocycles. The summed E-state index contributed by atoms with van der Waals surface area (Å²) in [6.07, 6.45) is 5.00. The number of hydrogen-bond acceptors (Lipinski definition) is 4. The molecule has 1 atom stereocenters. The van der Waals surface area contributed by atoms with Crippen LogP contribution < -0.4 is 10.6 Å². The zero-order valence-electron chi connectivity index (χ0n) is 10.2. The van der Waals surface area contributed by atoms with E-state index in [9.17, 15) is 4.79 Å². The summed E-state index contributed by atoms with van der Waals surface area (Å²) in [6.45, 7) is 4.53. The molecule has 1 aliphatic rings. The Balaban J connectivity index is 1.78. The summed E-state index contributed by atoms with van der Waals surface area (Å²) in [5.41, 5.74) is 0. The highest BCUT2D eigenvalue weighted by atomic mass is 32.1. The first kappa shape index (κ1) is 12.5. The minimum atomic E-state index is 0.134. The van der Waals surface area contributed by atoms with Gasteiger partial charge in [-0.05, 0) is 25.8 Å². The first-order valence-electron chi connectivity index (χ1n) is 6.21. The van der Waals surface area contributed by atoms with Crippen molar-refractivity contribution < 1.29 is 4.79 Å². The number of amides is 1. The van der Waals surface area contributed by atoms with Gasteiger partial charge in [-0.25, -0.2) is 4.98 Å². The summed E-state index contributed by atoms with van der Waals surface area (Å²) in [5, 5.41) is 7.23. The molecule has 1 aliphatic heterocycles. The fraction of sp³-hybridized carbons (Fsp3) is 0.667. The van der Waals surface area contributed by atoms with Crippen LogP contribution in [0.2, 0.25) is 0 Å². The van der Waals surface area contributed by atoms with E-state index in [1.54, 1.807) is 11.3 Å². The molecule has 0 unspecified atom stereocenters. The van der Waals surface area contributed by atoms with Gasteiger partial charge in [-0.2, -0.15) is 0 Å². The van der Waals surface area contributed by atoms with Crippen molar-refractivity contribution in [2.24, 2.45) is 5.92 Å². The highest BCUT2D eigenvalue weighted by Gasteiger charge is 2.20. The van der Waals surface area contributed by atoms with Crippen LogP contribution in [0.15, 0.2) is 6.20 Å². The molecule has 0 bridgehead atoms. The summed E-state index contributed by atoms with van der Waals surface area (Å²) < 4.78 is 0. The number of aryl methyl sites for hydroxylation is 1. The van der Waals surface area contributed by atoms with Gasteiger partial charge in [0.25, 0.3) is 0 Å². The smallest absolute Gasteiger partial charge is 0.224 e. The zero-order chi connectivity index (χ0) is 12.1. The Morgan fingerprint density at radius 3 is 3.24 bits per heavy atom. The van der Waals surface area contributed by atoms with E-state index in [0.717, 1.165) is 37.4 Å². The molecule has 1 aromatic heterocycles. The third kappa shape index (κ3) is 3.51. The number of thiazole rings is 1. The lowest BCUT2D eigenvalue weighted by atomic mass is 9.99. The number of hydrogen-bond donors (Lipinski definition) is 2. The summed E-state index contributed by atoms with van der Waals surface area (Å²) in [7, 11) is 0. The molecule has 0 aliphatic carbocycles. The minimum absolute atomic E-state index is 0.134. The monoisotopic (exact) mass is 253 g/mol. The van der Waals surface area contributed by atoms with E-state index in [0.29, 0.717) is 6.54 Å². The molecule has 2 N–H and O–H groups in total. The van der Waals surface area contributed by atoms with Crippen LogP contribution >= 0.6 is 11.3 Å². The maximum absolute atomic E-state index is 11.9. The molecule has 4 nitrogen and oxygen atoms in total. The number of aromatic nitrogens is 1. The van der Waals surface area contributed by atoms with E-state index in [2.05, 4.69) is 22.5 Å². The van der Waals surface area contributed by atoms with Crippen LogP contribution in [0.4, 0.5) is 0 Å². The maximum atomic E-state index is 11.9. The van der Waals surface area contributed by atoms with Crippen molar-refractivity contribution in [3.8, 4) is 0 Å². The molecule has 5 heteroatoms. The van der Waals surface area contributed by atoms with Gasteiger partial charge >= 0.3 is 0 Å². The summed E-state index contributed by atoms with van der Waals surface area (Å²) in [4.78, 5) is 17.4. The molecule has 1 fully saturated rings. The highest BCUT2D eigenvalue weighted by Crippen LogP contribution is 2.14. The van der Waals surface area contributed by atoms with Crippen LogP contribution in [0, 0.1) is 5.92 Å². The van der Waals surface area contributed by atoms with Gasteiger partial charge in [0, 0.05) is 17.6 Å². The Hall–Kier alpha value is -0.940. The van der Waals surface area contributed by atoms with Crippen LogP contribution in [0.3, 0.4) is 0 Å². The zero-order valence-corrected chi connectivity index (χ0v) is 11.0. The summed E-state index contributed by atoms with van der Waals surface area (Å²) in [5.74, 6) is 0.291. The van der Waals surface area contributed by atoms with E-state index < -0.39 is 0 Å². The van der Waals surface area contributed by atoms with Gasteiger partial charge in [0.15, 0.2) is 0 Å². The molecule has 94 valence electrons. The average Bonchev–Trinajstić information content (AvgIpc) is 2.85. The van der Waals surface area contributed by atoms with Crippen LogP contribution in [-0.4, -0.2) is 24.0 Å². The van der Waals surface area contributed by atoms with E-state index >= 15 is 0 Å². The lowest BCUT2D eigenvalue weighted by Gasteiger charge is -2.21. The van der Waals surface area contributed by atoms with Crippen molar-refractivity contribution in [2.75, 3.05) is 13.1 Å². The van der Waals surface area contributed by atoms with Gasteiger partial charge in [-0.15, -0.1) is 11.3 Å². The molecule has 1 aromatic rings. The third-order valence-corrected chi connectivity index (χ3v) is 4.17. The van der Waals surface area contributed by atoms with Gasteiger partial charge in [-0.3, -0.25) is 4.79 Å². The Morgan fingerprint density at radius 2 is 2.59 bits per heavy atom. The SMILES string of the molecule is CCc1cnc(CNC(=O)[C@@H]2CCCNC2)s1. The Bertz CT molecular complexity index is 372. The molecular weight excluding hydrogens is 234 g/mol. The fourth-order valence-corrected chi connectivity index (χ4v) is 2.78. The van der Waals surface area contributed by atoms with E-state index in [4.69, 9.17) is 0 Å². The molecule has 1 amide bonds. The van der Waals surface area contributed by atoms with Crippen LogP contribution in [0.1, 0.15) is 29.7 Å². The van der Waals surface area contributed by atoms with Gasteiger partial charge in [0.2, 0.25) is 5.91 Å². The number of carbonyl (C=O) groups excluding carboxylic acids is 1. The predicted octanol–water partition coefficient (Wildman–Crippen LogP) is 1.32. The number of carbonyl (C=O) groups is 1. The molecule has 0 radical (unpaired) electrons. The molecule has 17 heavy (non-hydrogen) atoms. The molecule has 1 saturated heterocycles.